The first-order valence-corrected chi connectivity index (χ1v) is 5.96. The van der Waals surface area contributed by atoms with Gasteiger partial charge >= 0.3 is 0 Å². The molecule has 1 aromatic rings. The van der Waals surface area contributed by atoms with E-state index in [1.54, 1.807) is 0 Å². The zero-order valence-corrected chi connectivity index (χ0v) is 9.30. The molecular formula is C11H15NOS. The summed E-state index contributed by atoms with van der Waals surface area (Å²) in [6, 6.07) is 10.1. The molecule has 0 aliphatic rings. The molecule has 3 heteroatoms. The number of benzene rings is 1. The van der Waals surface area contributed by atoms with Crippen molar-refractivity contribution in [3.8, 4) is 0 Å². The normalized spacial score (nSPS) is 12.1. The number of thioether (sulfide) groups is 1. The van der Waals surface area contributed by atoms with Crippen molar-refractivity contribution < 1.29 is 4.79 Å². The first kappa shape index (κ1) is 11.1. The Morgan fingerprint density at radius 3 is 2.64 bits per heavy atom. The summed E-state index contributed by atoms with van der Waals surface area (Å²) in [5, 5.41) is 2.94. The summed E-state index contributed by atoms with van der Waals surface area (Å²) in [5.41, 5.74) is 1.14. The second-order valence-corrected chi connectivity index (χ2v) is 4.00. The van der Waals surface area contributed by atoms with E-state index in [4.69, 9.17) is 0 Å². The summed E-state index contributed by atoms with van der Waals surface area (Å²) in [5.74, 6) is 0.617. The predicted molar refractivity (Wildman–Crippen MR) is 61.4 cm³/mol. The number of hydrogen-bond acceptors (Lipinski definition) is 2. The van der Waals surface area contributed by atoms with Crippen molar-refractivity contribution in [1.82, 2.24) is 5.32 Å². The van der Waals surface area contributed by atoms with Crippen molar-refractivity contribution in [2.45, 2.75) is 13.0 Å². The van der Waals surface area contributed by atoms with E-state index < -0.39 is 0 Å². The van der Waals surface area contributed by atoms with Gasteiger partial charge in [-0.3, -0.25) is 4.79 Å². The van der Waals surface area contributed by atoms with Gasteiger partial charge in [0.15, 0.2) is 0 Å². The summed E-state index contributed by atoms with van der Waals surface area (Å²) in [6.07, 6.45) is 1.92. The number of carbonyl (C=O) groups is 1. The molecule has 0 fully saturated rings. The fourth-order valence-corrected chi connectivity index (χ4v) is 1.58. The van der Waals surface area contributed by atoms with Crippen molar-refractivity contribution in [3.05, 3.63) is 35.9 Å². The van der Waals surface area contributed by atoms with Gasteiger partial charge in [0.2, 0.25) is 5.91 Å². The van der Waals surface area contributed by atoms with Gasteiger partial charge in [0.05, 0.1) is 11.8 Å². The minimum atomic E-state index is 0.0915. The smallest absolute Gasteiger partial charge is 0.230 e. The van der Waals surface area contributed by atoms with Crippen molar-refractivity contribution >= 4 is 17.7 Å². The minimum absolute atomic E-state index is 0.0915. The van der Waals surface area contributed by atoms with Crippen LogP contribution >= 0.6 is 11.8 Å². The highest BCUT2D eigenvalue weighted by molar-refractivity contribution is 7.99. The highest BCUT2D eigenvalue weighted by Gasteiger charge is 2.07. The maximum absolute atomic E-state index is 11.3. The fourth-order valence-electron chi connectivity index (χ4n) is 1.24. The van der Waals surface area contributed by atoms with Crippen LogP contribution < -0.4 is 5.32 Å². The third kappa shape index (κ3) is 3.42. The highest BCUT2D eigenvalue weighted by atomic mass is 32.2. The van der Waals surface area contributed by atoms with Crippen molar-refractivity contribution in [3.63, 3.8) is 0 Å². The topological polar surface area (TPSA) is 29.1 Å². The molecule has 0 spiro atoms. The molecular weight excluding hydrogens is 194 g/mol. The Morgan fingerprint density at radius 2 is 2.07 bits per heavy atom. The molecule has 1 N–H and O–H groups in total. The number of hydrogen-bond donors (Lipinski definition) is 1. The van der Waals surface area contributed by atoms with Crippen molar-refractivity contribution in [2.24, 2.45) is 0 Å². The molecule has 0 aromatic heterocycles. The van der Waals surface area contributed by atoms with E-state index in [1.807, 2.05) is 43.5 Å². The van der Waals surface area contributed by atoms with Crippen LogP contribution in [0.3, 0.4) is 0 Å². The second-order valence-electron chi connectivity index (χ2n) is 3.13. The molecule has 0 unspecified atom stereocenters. The largest absolute Gasteiger partial charge is 0.349 e. The van der Waals surface area contributed by atoms with Crippen LogP contribution in [0.25, 0.3) is 0 Å². The summed E-state index contributed by atoms with van der Waals surface area (Å²) >= 11 is 1.53. The molecule has 1 amide bonds. The van der Waals surface area contributed by atoms with E-state index in [2.05, 4.69) is 5.32 Å². The Labute approximate surface area is 89.1 Å². The van der Waals surface area contributed by atoms with Gasteiger partial charge in [-0.1, -0.05) is 30.3 Å². The van der Waals surface area contributed by atoms with Crippen LogP contribution in [0.1, 0.15) is 18.5 Å². The number of carbonyl (C=O) groups excluding carboxylic acids is 1. The molecule has 0 heterocycles. The maximum Gasteiger partial charge on any atom is 0.230 e. The molecule has 0 saturated carbocycles. The zero-order chi connectivity index (χ0) is 10.4. The molecule has 1 atom stereocenters. The molecule has 0 bridgehead atoms. The number of nitrogens with one attached hydrogen (secondary N) is 1. The zero-order valence-electron chi connectivity index (χ0n) is 8.49. The van der Waals surface area contributed by atoms with E-state index in [0.29, 0.717) is 5.75 Å². The van der Waals surface area contributed by atoms with Crippen LogP contribution in [-0.4, -0.2) is 17.9 Å². The van der Waals surface area contributed by atoms with E-state index in [9.17, 15) is 4.79 Å². The Kier molecular flexibility index (Phi) is 4.53. The van der Waals surface area contributed by atoms with E-state index in [1.165, 1.54) is 11.8 Å². The molecule has 76 valence electrons. The van der Waals surface area contributed by atoms with Crippen LogP contribution in [0, 0.1) is 0 Å². The molecule has 0 aliphatic carbocycles. The van der Waals surface area contributed by atoms with Crippen LogP contribution in [0.4, 0.5) is 0 Å². The molecule has 1 rings (SSSR count). The third-order valence-corrected chi connectivity index (χ3v) is 2.50. The van der Waals surface area contributed by atoms with Gasteiger partial charge in [0, 0.05) is 0 Å². The average molecular weight is 209 g/mol. The molecule has 0 radical (unpaired) electrons. The lowest BCUT2D eigenvalue weighted by Gasteiger charge is -2.13. The quantitative estimate of drug-likeness (QED) is 0.824. The van der Waals surface area contributed by atoms with Crippen LogP contribution in [0.2, 0.25) is 0 Å². The van der Waals surface area contributed by atoms with Crippen molar-refractivity contribution in [1.29, 1.82) is 0 Å². The van der Waals surface area contributed by atoms with E-state index in [0.717, 1.165) is 5.56 Å². The van der Waals surface area contributed by atoms with Gasteiger partial charge in [0.1, 0.15) is 0 Å². The van der Waals surface area contributed by atoms with Crippen LogP contribution in [0.15, 0.2) is 30.3 Å². The van der Waals surface area contributed by atoms with E-state index in [-0.39, 0.29) is 11.9 Å². The van der Waals surface area contributed by atoms with Crippen molar-refractivity contribution in [2.75, 3.05) is 12.0 Å². The Bertz CT molecular complexity index is 287. The van der Waals surface area contributed by atoms with Gasteiger partial charge in [-0.25, -0.2) is 0 Å². The Morgan fingerprint density at radius 1 is 1.43 bits per heavy atom. The molecule has 2 nitrogen and oxygen atoms in total. The standard InChI is InChI=1S/C11H15NOS/c1-9(12-11(13)8-14-2)10-6-4-3-5-7-10/h3-7,9H,8H2,1-2H3,(H,12,13)/t9-/m1/s1. The summed E-state index contributed by atoms with van der Waals surface area (Å²) in [6.45, 7) is 1.99. The molecule has 0 saturated heterocycles. The lowest BCUT2D eigenvalue weighted by atomic mass is 10.1. The lowest BCUT2D eigenvalue weighted by Crippen LogP contribution is -2.27. The maximum atomic E-state index is 11.3. The van der Waals surface area contributed by atoms with Gasteiger partial charge in [-0.15, -0.1) is 0 Å². The average Bonchev–Trinajstić information content (AvgIpc) is 2.19. The Balaban J connectivity index is 2.50. The Hall–Kier alpha value is -0.960. The van der Waals surface area contributed by atoms with E-state index >= 15 is 0 Å². The SMILES string of the molecule is CSCC(=O)N[C@H](C)c1ccccc1. The van der Waals surface area contributed by atoms with Gasteiger partial charge in [-0.05, 0) is 18.7 Å². The van der Waals surface area contributed by atoms with Gasteiger partial charge in [-0.2, -0.15) is 11.8 Å². The van der Waals surface area contributed by atoms with Crippen LogP contribution in [0.5, 0.6) is 0 Å². The van der Waals surface area contributed by atoms with Crippen LogP contribution in [-0.2, 0) is 4.79 Å². The van der Waals surface area contributed by atoms with Gasteiger partial charge < -0.3 is 5.32 Å². The molecule has 0 aliphatic heterocycles. The number of amides is 1. The molecule has 1 aromatic carbocycles. The second kappa shape index (κ2) is 5.70. The lowest BCUT2D eigenvalue weighted by molar-refractivity contribution is -0.119. The summed E-state index contributed by atoms with van der Waals surface area (Å²) in [4.78, 5) is 11.3. The third-order valence-electron chi connectivity index (χ3n) is 1.95. The predicted octanol–water partition coefficient (Wildman–Crippen LogP) is 2.23. The number of rotatable bonds is 4. The molecule has 14 heavy (non-hydrogen) atoms. The minimum Gasteiger partial charge on any atom is -0.349 e. The monoisotopic (exact) mass is 209 g/mol. The highest BCUT2D eigenvalue weighted by Crippen LogP contribution is 2.10. The summed E-state index contributed by atoms with van der Waals surface area (Å²) in [7, 11) is 0. The fraction of sp³-hybridized carbons (Fsp3) is 0.364. The first-order chi connectivity index (χ1) is 6.74. The first-order valence-electron chi connectivity index (χ1n) is 4.57. The summed E-state index contributed by atoms with van der Waals surface area (Å²) < 4.78 is 0. The van der Waals surface area contributed by atoms with Gasteiger partial charge in [0.25, 0.3) is 0 Å².